The van der Waals surface area contributed by atoms with Gasteiger partial charge in [0.15, 0.2) is 0 Å². The lowest BCUT2D eigenvalue weighted by Crippen LogP contribution is -2.24. The van der Waals surface area contributed by atoms with Gasteiger partial charge in [-0.15, -0.1) is 11.8 Å². The predicted molar refractivity (Wildman–Crippen MR) is 91.6 cm³/mol. The van der Waals surface area contributed by atoms with E-state index in [9.17, 15) is 9.90 Å². The number of nitrogens with zero attached hydrogens (tertiary/aromatic N) is 1. The van der Waals surface area contributed by atoms with E-state index in [1.165, 1.54) is 22.7 Å². The Labute approximate surface area is 135 Å². The number of carboxylic acids is 1. The maximum absolute atomic E-state index is 11.3. The molecule has 0 bridgehead atoms. The molecule has 0 amide bonds. The van der Waals surface area contributed by atoms with E-state index in [0.29, 0.717) is 11.6 Å². The van der Waals surface area contributed by atoms with Gasteiger partial charge in [-0.25, -0.2) is 4.79 Å². The fourth-order valence-electron chi connectivity index (χ4n) is 2.48. The maximum Gasteiger partial charge on any atom is 0.337 e. The van der Waals surface area contributed by atoms with E-state index in [2.05, 4.69) is 41.3 Å². The smallest absolute Gasteiger partial charge is 0.337 e. The molecule has 4 nitrogen and oxygen atoms in total. The van der Waals surface area contributed by atoms with Gasteiger partial charge < -0.3 is 10.4 Å². The van der Waals surface area contributed by atoms with Crippen LogP contribution in [0.2, 0.25) is 0 Å². The van der Waals surface area contributed by atoms with Gasteiger partial charge in [0.1, 0.15) is 0 Å². The van der Waals surface area contributed by atoms with Crippen LogP contribution in [-0.2, 0) is 4.79 Å². The molecule has 1 atom stereocenters. The molecule has 0 aliphatic carbocycles. The van der Waals surface area contributed by atoms with Gasteiger partial charge in [0.05, 0.1) is 5.57 Å². The second-order valence-electron chi connectivity index (χ2n) is 5.09. The van der Waals surface area contributed by atoms with Gasteiger partial charge in [0.25, 0.3) is 0 Å². The number of allylic oxidation sites excluding steroid dienone is 1. The Morgan fingerprint density at radius 1 is 1.55 bits per heavy atom. The number of fused-ring (bicyclic) bond motifs is 1. The van der Waals surface area contributed by atoms with Gasteiger partial charge in [-0.05, 0) is 43.5 Å². The molecule has 0 saturated carbocycles. The number of carbonyl (C=O) groups is 1. The summed E-state index contributed by atoms with van der Waals surface area (Å²) in [7, 11) is 0. The van der Waals surface area contributed by atoms with Crippen molar-refractivity contribution < 1.29 is 9.90 Å². The Morgan fingerprint density at radius 2 is 2.32 bits per heavy atom. The highest BCUT2D eigenvalue weighted by molar-refractivity contribution is 7.99. The Bertz CT molecular complexity index is 623. The molecule has 22 heavy (non-hydrogen) atoms. The summed E-state index contributed by atoms with van der Waals surface area (Å²) < 4.78 is 0. The van der Waals surface area contributed by atoms with Crippen molar-refractivity contribution in [2.75, 3.05) is 12.3 Å². The van der Waals surface area contributed by atoms with Gasteiger partial charge in [-0.2, -0.15) is 0 Å². The van der Waals surface area contributed by atoms with Crippen LogP contribution in [0.1, 0.15) is 24.8 Å². The van der Waals surface area contributed by atoms with Gasteiger partial charge in [0.2, 0.25) is 0 Å². The Morgan fingerprint density at radius 3 is 3.05 bits per heavy atom. The summed E-state index contributed by atoms with van der Waals surface area (Å²) in [6.45, 7) is 5.83. The lowest BCUT2D eigenvalue weighted by Gasteiger charge is -2.25. The van der Waals surface area contributed by atoms with Gasteiger partial charge in [-0.3, -0.25) is 4.99 Å². The Hall–Kier alpha value is -2.01. The van der Waals surface area contributed by atoms with Gasteiger partial charge in [-0.1, -0.05) is 18.2 Å². The highest BCUT2D eigenvalue weighted by Gasteiger charge is 2.20. The fourth-order valence-corrected chi connectivity index (χ4v) is 3.68. The number of aliphatic carboxylic acids is 1. The summed E-state index contributed by atoms with van der Waals surface area (Å²) in [6.07, 6.45) is 3.94. The molecule has 0 spiro atoms. The summed E-state index contributed by atoms with van der Waals surface area (Å²) in [5.74, 6) is 0.534. The van der Waals surface area contributed by atoms with Gasteiger partial charge in [0, 0.05) is 29.3 Å². The number of hydrogen-bond donors (Lipinski definition) is 2. The average molecular weight is 316 g/mol. The molecule has 1 aliphatic heterocycles. The minimum Gasteiger partial charge on any atom is -0.478 e. The monoisotopic (exact) mass is 316 g/mol. The number of nitrogens with one attached hydrogen (secondary N) is 1. The summed E-state index contributed by atoms with van der Waals surface area (Å²) >= 11 is 1.88. The lowest BCUT2D eigenvalue weighted by molar-refractivity contribution is -0.132. The zero-order valence-corrected chi connectivity index (χ0v) is 13.4. The van der Waals surface area contributed by atoms with E-state index in [4.69, 9.17) is 0 Å². The highest BCUT2D eigenvalue weighted by atomic mass is 32.2. The molecular formula is C17H20N2O2S. The predicted octanol–water partition coefficient (Wildman–Crippen LogP) is 3.43. The molecule has 5 heteroatoms. The fraction of sp³-hybridized carbons (Fsp3) is 0.294. The molecule has 1 aliphatic rings. The quantitative estimate of drug-likeness (QED) is 0.479. The van der Waals surface area contributed by atoms with Crippen molar-refractivity contribution >= 4 is 24.4 Å². The topological polar surface area (TPSA) is 61.7 Å². The first-order valence-corrected chi connectivity index (χ1v) is 8.14. The molecule has 0 radical (unpaired) electrons. The van der Waals surface area contributed by atoms with E-state index in [1.807, 2.05) is 11.8 Å². The third-order valence-electron chi connectivity index (χ3n) is 3.68. The summed E-state index contributed by atoms with van der Waals surface area (Å²) in [5, 5.41) is 12.5. The van der Waals surface area contributed by atoms with Crippen LogP contribution < -0.4 is 5.32 Å². The van der Waals surface area contributed by atoms with E-state index in [-0.39, 0.29) is 5.57 Å². The molecule has 116 valence electrons. The molecule has 2 rings (SSSR count). The molecule has 1 aromatic carbocycles. The SMILES string of the molecule is C=N/C=C\C(C(=O)O)=C(/C)NCC1CCSc2ccccc21. The third kappa shape index (κ3) is 4.01. The summed E-state index contributed by atoms with van der Waals surface area (Å²) in [5.41, 5.74) is 2.20. The van der Waals surface area contributed by atoms with Crippen LogP contribution in [0.25, 0.3) is 0 Å². The van der Waals surface area contributed by atoms with Crippen molar-refractivity contribution in [1.29, 1.82) is 0 Å². The molecule has 0 aromatic heterocycles. The highest BCUT2D eigenvalue weighted by Crippen LogP contribution is 2.36. The molecule has 2 N–H and O–H groups in total. The maximum atomic E-state index is 11.3. The molecule has 1 heterocycles. The zero-order valence-electron chi connectivity index (χ0n) is 12.6. The van der Waals surface area contributed by atoms with Gasteiger partial charge >= 0.3 is 5.97 Å². The Balaban J connectivity index is 2.11. The van der Waals surface area contributed by atoms with Crippen molar-refractivity contribution in [2.45, 2.75) is 24.2 Å². The first-order chi connectivity index (χ1) is 10.6. The van der Waals surface area contributed by atoms with Crippen molar-refractivity contribution in [3.63, 3.8) is 0 Å². The van der Waals surface area contributed by atoms with Crippen LogP contribution in [0, 0.1) is 0 Å². The van der Waals surface area contributed by atoms with Crippen molar-refractivity contribution in [1.82, 2.24) is 5.32 Å². The first-order valence-electron chi connectivity index (χ1n) is 7.15. The van der Waals surface area contributed by atoms with Crippen LogP contribution in [0.15, 0.2) is 57.7 Å². The second kappa shape index (κ2) is 7.84. The van der Waals surface area contributed by atoms with E-state index in [0.717, 1.165) is 18.7 Å². The Kier molecular flexibility index (Phi) is 5.83. The minimum absolute atomic E-state index is 0.214. The normalized spacial score (nSPS) is 18.5. The van der Waals surface area contributed by atoms with Crippen LogP contribution in [0.4, 0.5) is 0 Å². The molecular weight excluding hydrogens is 296 g/mol. The second-order valence-corrected chi connectivity index (χ2v) is 6.23. The molecule has 0 fully saturated rings. The average Bonchev–Trinajstić information content (AvgIpc) is 2.53. The lowest BCUT2D eigenvalue weighted by atomic mass is 9.95. The zero-order chi connectivity index (χ0) is 15.9. The van der Waals surface area contributed by atoms with Crippen molar-refractivity contribution in [2.24, 2.45) is 4.99 Å². The molecule has 1 aromatic rings. The molecule has 0 saturated heterocycles. The third-order valence-corrected chi connectivity index (χ3v) is 4.80. The van der Waals surface area contributed by atoms with Crippen LogP contribution >= 0.6 is 11.8 Å². The molecule has 1 unspecified atom stereocenters. The summed E-state index contributed by atoms with van der Waals surface area (Å²) in [4.78, 5) is 16.2. The number of carboxylic acid groups (broad SMARTS) is 1. The van der Waals surface area contributed by atoms with Crippen LogP contribution in [-0.4, -0.2) is 30.1 Å². The largest absolute Gasteiger partial charge is 0.478 e. The van der Waals surface area contributed by atoms with E-state index in [1.54, 1.807) is 6.92 Å². The van der Waals surface area contributed by atoms with Crippen molar-refractivity contribution in [3.8, 4) is 0 Å². The van der Waals surface area contributed by atoms with Crippen molar-refractivity contribution in [3.05, 3.63) is 53.4 Å². The standard InChI is InChI=1S/C17H20N2O2S/c1-12(14(17(20)21)7-9-18-2)19-11-13-8-10-22-16-6-4-3-5-15(13)16/h3-7,9,13,19H,2,8,10-11H2,1H3,(H,20,21)/b9-7-,14-12-. The number of benzene rings is 1. The van der Waals surface area contributed by atoms with Crippen LogP contribution in [0.5, 0.6) is 0 Å². The number of rotatable bonds is 6. The number of aliphatic imine (C=N–C) groups is 1. The first kappa shape index (κ1) is 16.4. The minimum atomic E-state index is -0.968. The summed E-state index contributed by atoms with van der Waals surface area (Å²) in [6, 6.07) is 8.42. The number of thioether (sulfide) groups is 1. The number of hydrogen-bond acceptors (Lipinski definition) is 4. The van der Waals surface area contributed by atoms with E-state index >= 15 is 0 Å². The van der Waals surface area contributed by atoms with Crippen LogP contribution in [0.3, 0.4) is 0 Å². The van der Waals surface area contributed by atoms with E-state index < -0.39 is 5.97 Å².